The standard InChI is InChI=1S/C11H9NO5S/c12-11(14)8-5-4-6-7(10(8)13)2-1-3-9(6)18(15,16)17/h1-5,13H,(H2,12,14)(H,15,16,17). The molecular formula is C11H9NO5S. The van der Waals surface area contributed by atoms with Gasteiger partial charge in [0.25, 0.3) is 16.0 Å². The summed E-state index contributed by atoms with van der Waals surface area (Å²) in [6.45, 7) is 0. The Labute approximate surface area is 102 Å². The molecule has 0 heterocycles. The van der Waals surface area contributed by atoms with Gasteiger partial charge in [0.15, 0.2) is 0 Å². The maximum absolute atomic E-state index is 11.2. The first kappa shape index (κ1) is 12.3. The van der Waals surface area contributed by atoms with Crippen molar-refractivity contribution in [1.82, 2.24) is 0 Å². The van der Waals surface area contributed by atoms with Crippen LogP contribution in [0, 0.1) is 0 Å². The molecule has 0 bridgehead atoms. The lowest BCUT2D eigenvalue weighted by molar-refractivity contribution is 0.0998. The Balaban J connectivity index is 2.92. The zero-order valence-corrected chi connectivity index (χ0v) is 9.81. The number of amides is 1. The van der Waals surface area contributed by atoms with Crippen molar-refractivity contribution in [3.63, 3.8) is 0 Å². The first-order valence-electron chi connectivity index (χ1n) is 4.84. The van der Waals surface area contributed by atoms with E-state index >= 15 is 0 Å². The third-order valence-electron chi connectivity index (χ3n) is 2.54. The van der Waals surface area contributed by atoms with Crippen molar-refractivity contribution in [2.75, 3.05) is 0 Å². The van der Waals surface area contributed by atoms with Crippen molar-refractivity contribution in [3.05, 3.63) is 35.9 Å². The fraction of sp³-hybridized carbons (Fsp3) is 0. The molecule has 0 fully saturated rings. The van der Waals surface area contributed by atoms with E-state index in [4.69, 9.17) is 10.3 Å². The zero-order valence-electron chi connectivity index (χ0n) is 8.99. The molecule has 7 heteroatoms. The molecule has 2 aromatic carbocycles. The zero-order chi connectivity index (χ0) is 13.5. The molecule has 0 spiro atoms. The summed E-state index contributed by atoms with van der Waals surface area (Å²) in [5, 5.41) is 10.1. The first-order chi connectivity index (χ1) is 8.32. The van der Waals surface area contributed by atoms with E-state index in [-0.39, 0.29) is 21.2 Å². The fourth-order valence-corrected chi connectivity index (χ4v) is 2.44. The Kier molecular flexibility index (Phi) is 2.72. The Bertz CT molecular complexity index is 751. The van der Waals surface area contributed by atoms with Crippen LogP contribution in [0.3, 0.4) is 0 Å². The number of carbonyl (C=O) groups is 1. The van der Waals surface area contributed by atoms with E-state index in [2.05, 4.69) is 0 Å². The molecule has 0 saturated carbocycles. The van der Waals surface area contributed by atoms with Gasteiger partial charge in [0.1, 0.15) is 10.6 Å². The van der Waals surface area contributed by atoms with Crippen LogP contribution in [0.2, 0.25) is 0 Å². The van der Waals surface area contributed by atoms with Gasteiger partial charge >= 0.3 is 0 Å². The molecule has 18 heavy (non-hydrogen) atoms. The third-order valence-corrected chi connectivity index (χ3v) is 3.45. The second kappa shape index (κ2) is 3.97. The van der Waals surface area contributed by atoms with Crippen molar-refractivity contribution in [2.24, 2.45) is 5.73 Å². The maximum Gasteiger partial charge on any atom is 0.295 e. The maximum atomic E-state index is 11.2. The summed E-state index contributed by atoms with van der Waals surface area (Å²) >= 11 is 0. The van der Waals surface area contributed by atoms with Crippen LogP contribution >= 0.6 is 0 Å². The lowest BCUT2D eigenvalue weighted by Gasteiger charge is -2.07. The molecule has 2 rings (SSSR count). The molecule has 0 unspecified atom stereocenters. The number of benzene rings is 2. The minimum atomic E-state index is -4.41. The molecule has 0 saturated heterocycles. The molecule has 1 amide bonds. The Morgan fingerprint density at radius 2 is 1.78 bits per heavy atom. The van der Waals surface area contributed by atoms with Crippen molar-refractivity contribution in [3.8, 4) is 5.75 Å². The molecule has 2 aromatic rings. The number of aromatic hydroxyl groups is 1. The van der Waals surface area contributed by atoms with Crippen molar-refractivity contribution >= 4 is 26.8 Å². The van der Waals surface area contributed by atoms with Crippen LogP contribution in [0.1, 0.15) is 10.4 Å². The number of hydrogen-bond acceptors (Lipinski definition) is 4. The van der Waals surface area contributed by atoms with E-state index in [1.807, 2.05) is 0 Å². The van der Waals surface area contributed by atoms with Gasteiger partial charge in [-0.15, -0.1) is 0 Å². The van der Waals surface area contributed by atoms with Gasteiger partial charge in [-0.3, -0.25) is 9.35 Å². The minimum absolute atomic E-state index is 0.113. The number of primary amides is 1. The molecule has 0 atom stereocenters. The second-order valence-corrected chi connectivity index (χ2v) is 5.04. The number of rotatable bonds is 2. The van der Waals surface area contributed by atoms with Crippen molar-refractivity contribution in [1.29, 1.82) is 0 Å². The van der Waals surface area contributed by atoms with Gasteiger partial charge in [-0.05, 0) is 12.1 Å². The van der Waals surface area contributed by atoms with Gasteiger partial charge in [-0.2, -0.15) is 8.42 Å². The molecular weight excluding hydrogens is 258 g/mol. The van der Waals surface area contributed by atoms with Crippen LogP contribution in [0.5, 0.6) is 5.75 Å². The number of hydrogen-bond donors (Lipinski definition) is 3. The molecule has 0 radical (unpaired) electrons. The summed E-state index contributed by atoms with van der Waals surface area (Å²) in [4.78, 5) is 10.7. The van der Waals surface area contributed by atoms with Crippen LogP contribution in [0.15, 0.2) is 35.2 Å². The van der Waals surface area contributed by atoms with Crippen molar-refractivity contribution in [2.45, 2.75) is 4.90 Å². The summed E-state index contributed by atoms with van der Waals surface area (Å²) < 4.78 is 31.4. The molecule has 0 aliphatic carbocycles. The average Bonchev–Trinajstić information content (AvgIpc) is 2.27. The van der Waals surface area contributed by atoms with Gasteiger partial charge in [-0.25, -0.2) is 0 Å². The average molecular weight is 267 g/mol. The minimum Gasteiger partial charge on any atom is -0.506 e. The molecule has 0 aliphatic rings. The largest absolute Gasteiger partial charge is 0.506 e. The molecule has 94 valence electrons. The van der Waals surface area contributed by atoms with Crippen molar-refractivity contribution < 1.29 is 22.9 Å². The first-order valence-corrected chi connectivity index (χ1v) is 6.28. The summed E-state index contributed by atoms with van der Waals surface area (Å²) in [7, 11) is -4.41. The van der Waals surface area contributed by atoms with E-state index < -0.39 is 21.8 Å². The predicted octanol–water partition coefficient (Wildman–Crippen LogP) is 0.891. The second-order valence-electron chi connectivity index (χ2n) is 3.65. The molecule has 4 N–H and O–H groups in total. The Hall–Kier alpha value is -2.12. The number of phenols is 1. The smallest absolute Gasteiger partial charge is 0.295 e. The van der Waals surface area contributed by atoms with Gasteiger partial charge in [0.05, 0.1) is 5.56 Å². The van der Waals surface area contributed by atoms with E-state index in [0.29, 0.717) is 0 Å². The Morgan fingerprint density at radius 3 is 2.33 bits per heavy atom. The lowest BCUT2D eigenvalue weighted by atomic mass is 10.1. The molecule has 6 nitrogen and oxygen atoms in total. The number of carbonyl (C=O) groups excluding carboxylic acids is 1. The summed E-state index contributed by atoms with van der Waals surface area (Å²) in [6, 6.07) is 6.47. The SMILES string of the molecule is NC(=O)c1ccc2c(S(=O)(=O)O)cccc2c1O. The highest BCUT2D eigenvalue weighted by atomic mass is 32.2. The van der Waals surface area contributed by atoms with E-state index in [0.717, 1.165) is 0 Å². The van der Waals surface area contributed by atoms with Gasteiger partial charge in [0, 0.05) is 10.8 Å². The third kappa shape index (κ3) is 1.89. The van der Waals surface area contributed by atoms with E-state index in [1.165, 1.54) is 30.3 Å². The number of nitrogens with two attached hydrogens (primary N) is 1. The van der Waals surface area contributed by atoms with Crippen LogP contribution in [-0.4, -0.2) is 24.0 Å². The summed E-state index contributed by atoms with van der Waals surface area (Å²) in [5.74, 6) is -1.24. The highest BCUT2D eigenvalue weighted by molar-refractivity contribution is 7.86. The highest BCUT2D eigenvalue weighted by Crippen LogP contribution is 2.32. The van der Waals surface area contributed by atoms with Crippen LogP contribution in [0.25, 0.3) is 10.8 Å². The quantitative estimate of drug-likeness (QED) is 0.698. The van der Waals surface area contributed by atoms with Crippen LogP contribution < -0.4 is 5.73 Å². The van der Waals surface area contributed by atoms with Crippen LogP contribution in [-0.2, 0) is 10.1 Å². The normalized spacial score (nSPS) is 11.6. The Morgan fingerprint density at radius 1 is 1.11 bits per heavy atom. The highest BCUT2D eigenvalue weighted by Gasteiger charge is 2.17. The van der Waals surface area contributed by atoms with E-state index in [9.17, 15) is 18.3 Å². The monoisotopic (exact) mass is 267 g/mol. The van der Waals surface area contributed by atoms with Gasteiger partial charge < -0.3 is 10.8 Å². The molecule has 0 aromatic heterocycles. The van der Waals surface area contributed by atoms with E-state index in [1.54, 1.807) is 0 Å². The summed E-state index contributed by atoms with van der Waals surface area (Å²) in [5.41, 5.74) is 4.95. The van der Waals surface area contributed by atoms with Gasteiger partial charge in [-0.1, -0.05) is 18.2 Å². The summed E-state index contributed by atoms with van der Waals surface area (Å²) in [6.07, 6.45) is 0. The lowest BCUT2D eigenvalue weighted by Crippen LogP contribution is -2.11. The molecule has 0 aliphatic heterocycles. The van der Waals surface area contributed by atoms with Gasteiger partial charge in [0.2, 0.25) is 0 Å². The fourth-order valence-electron chi connectivity index (χ4n) is 1.74. The van der Waals surface area contributed by atoms with Crippen LogP contribution in [0.4, 0.5) is 0 Å². The predicted molar refractivity (Wildman–Crippen MR) is 63.9 cm³/mol. The number of fused-ring (bicyclic) bond motifs is 1. The topological polar surface area (TPSA) is 118 Å².